The molecule has 2 bridgehead atoms. The molecule has 0 aromatic rings. The molecule has 4 rings (SSSR count). The predicted octanol–water partition coefficient (Wildman–Crippen LogP) is 0.754. The Balaban J connectivity index is 1.80. The second kappa shape index (κ2) is 1.95. The van der Waals surface area contributed by atoms with E-state index < -0.39 is 0 Å². The van der Waals surface area contributed by atoms with Gasteiger partial charge in [-0.05, 0) is 30.1 Å². The number of carbonyl (C=O) groups is 2. The van der Waals surface area contributed by atoms with Crippen LogP contribution < -0.4 is 0 Å². The van der Waals surface area contributed by atoms with Crippen LogP contribution in [0, 0.1) is 35.5 Å². The van der Waals surface area contributed by atoms with Gasteiger partial charge in [-0.15, -0.1) is 0 Å². The van der Waals surface area contributed by atoms with E-state index in [2.05, 4.69) is 12.2 Å². The molecule has 2 saturated carbocycles. The highest BCUT2D eigenvalue weighted by Gasteiger charge is 2.70. The Kier molecular flexibility index (Phi) is 1.00. The fraction of sp³-hybridized carbons (Fsp3) is 0.636. The van der Waals surface area contributed by atoms with Crippen molar-refractivity contribution in [3.63, 3.8) is 0 Å². The summed E-state index contributed by atoms with van der Waals surface area (Å²) in [5.74, 6) is 1.24. The van der Waals surface area contributed by atoms with Crippen molar-refractivity contribution in [1.29, 1.82) is 0 Å². The highest BCUT2D eigenvalue weighted by Crippen LogP contribution is 2.65. The van der Waals surface area contributed by atoms with E-state index in [0.29, 0.717) is 23.7 Å². The highest BCUT2D eigenvalue weighted by molar-refractivity contribution is 5.98. The minimum absolute atomic E-state index is 0.0903. The lowest BCUT2D eigenvalue weighted by Gasteiger charge is -2.45. The van der Waals surface area contributed by atoms with Crippen LogP contribution in [0.4, 0.5) is 0 Å². The molecule has 3 fully saturated rings. The van der Waals surface area contributed by atoms with Gasteiger partial charge in [0.1, 0.15) is 0 Å². The van der Waals surface area contributed by atoms with Crippen LogP contribution in [-0.4, -0.2) is 11.9 Å². The van der Waals surface area contributed by atoms with E-state index in [1.807, 2.05) is 0 Å². The first-order chi connectivity index (χ1) is 6.77. The van der Waals surface area contributed by atoms with E-state index in [1.165, 1.54) is 0 Å². The Hall–Kier alpha value is -1.12. The smallest absolute Gasteiger partial charge is 0.317 e. The third-order valence-electron chi connectivity index (χ3n) is 4.54. The molecule has 0 aromatic carbocycles. The normalized spacial score (nSPS) is 56.9. The maximum Gasteiger partial charge on any atom is 0.317 e. The molecule has 1 aliphatic heterocycles. The third kappa shape index (κ3) is 0.552. The molecule has 1 saturated heterocycles. The fourth-order valence-corrected chi connectivity index (χ4v) is 4.09. The first kappa shape index (κ1) is 7.21. The number of ether oxygens (including phenoxy) is 1. The summed E-state index contributed by atoms with van der Waals surface area (Å²) in [4.78, 5) is 22.8. The number of carbonyl (C=O) groups excluding carboxylic acids is 2. The molecule has 1 heterocycles. The first-order valence-corrected chi connectivity index (χ1v) is 5.21. The van der Waals surface area contributed by atoms with Gasteiger partial charge in [0.15, 0.2) is 0 Å². The molecule has 4 aliphatic rings. The van der Waals surface area contributed by atoms with Gasteiger partial charge in [0.25, 0.3) is 0 Å². The summed E-state index contributed by atoms with van der Waals surface area (Å²) in [5, 5.41) is 0. The minimum Gasteiger partial charge on any atom is -0.393 e. The largest absolute Gasteiger partial charge is 0.393 e. The molecule has 0 amide bonds. The Morgan fingerprint density at radius 3 is 2.00 bits per heavy atom. The lowest BCUT2D eigenvalue weighted by molar-refractivity contribution is -0.153. The molecule has 6 atom stereocenters. The number of esters is 2. The maximum atomic E-state index is 11.4. The van der Waals surface area contributed by atoms with Crippen LogP contribution >= 0.6 is 0 Å². The third-order valence-corrected chi connectivity index (χ3v) is 4.54. The van der Waals surface area contributed by atoms with Crippen molar-refractivity contribution >= 4 is 11.9 Å². The summed E-state index contributed by atoms with van der Waals surface area (Å²) < 4.78 is 4.70. The summed E-state index contributed by atoms with van der Waals surface area (Å²) in [7, 11) is 0. The van der Waals surface area contributed by atoms with Crippen molar-refractivity contribution in [2.45, 2.75) is 6.42 Å². The van der Waals surface area contributed by atoms with Crippen LogP contribution in [0.15, 0.2) is 12.2 Å². The van der Waals surface area contributed by atoms with E-state index in [4.69, 9.17) is 4.74 Å². The van der Waals surface area contributed by atoms with E-state index in [0.717, 1.165) is 6.42 Å². The lowest BCUT2D eigenvalue weighted by atomic mass is 9.54. The Morgan fingerprint density at radius 2 is 1.50 bits per heavy atom. The molecule has 0 N–H and O–H groups in total. The van der Waals surface area contributed by atoms with E-state index in [9.17, 15) is 9.59 Å². The second-order valence-corrected chi connectivity index (χ2v) is 4.89. The topological polar surface area (TPSA) is 43.4 Å². The van der Waals surface area contributed by atoms with Crippen molar-refractivity contribution in [1.82, 2.24) is 0 Å². The van der Waals surface area contributed by atoms with Crippen LogP contribution in [0.2, 0.25) is 0 Å². The number of hydrogen-bond donors (Lipinski definition) is 0. The molecule has 14 heavy (non-hydrogen) atoms. The monoisotopic (exact) mass is 190 g/mol. The van der Waals surface area contributed by atoms with Crippen LogP contribution in [0.25, 0.3) is 0 Å². The molecular weight excluding hydrogens is 180 g/mol. The Labute approximate surface area is 81.1 Å². The van der Waals surface area contributed by atoms with Crippen molar-refractivity contribution in [2.75, 3.05) is 0 Å². The van der Waals surface area contributed by atoms with Crippen LogP contribution in [0.3, 0.4) is 0 Å². The van der Waals surface area contributed by atoms with Gasteiger partial charge in [-0.25, -0.2) is 0 Å². The Morgan fingerprint density at radius 1 is 1.00 bits per heavy atom. The minimum atomic E-state index is -0.262. The van der Waals surface area contributed by atoms with Crippen LogP contribution in [0.1, 0.15) is 6.42 Å². The average Bonchev–Trinajstić information content (AvgIpc) is 2.64. The molecule has 72 valence electrons. The molecule has 3 nitrogen and oxygen atoms in total. The zero-order chi connectivity index (χ0) is 9.45. The number of fused-ring (bicyclic) bond motifs is 8. The molecule has 3 heteroatoms. The van der Waals surface area contributed by atoms with Crippen molar-refractivity contribution < 1.29 is 14.3 Å². The van der Waals surface area contributed by atoms with Gasteiger partial charge in [-0.2, -0.15) is 0 Å². The first-order valence-electron chi connectivity index (χ1n) is 5.21. The van der Waals surface area contributed by atoms with Crippen LogP contribution in [-0.2, 0) is 14.3 Å². The van der Waals surface area contributed by atoms with Gasteiger partial charge < -0.3 is 4.74 Å². The van der Waals surface area contributed by atoms with Crippen molar-refractivity contribution in [2.24, 2.45) is 35.5 Å². The van der Waals surface area contributed by atoms with Crippen molar-refractivity contribution in [3.8, 4) is 0 Å². The van der Waals surface area contributed by atoms with Gasteiger partial charge in [0.2, 0.25) is 0 Å². The number of hydrogen-bond acceptors (Lipinski definition) is 3. The summed E-state index contributed by atoms with van der Waals surface area (Å²) >= 11 is 0. The van der Waals surface area contributed by atoms with Gasteiger partial charge in [-0.3, -0.25) is 9.59 Å². The molecule has 0 radical (unpaired) electrons. The average molecular weight is 190 g/mol. The highest BCUT2D eigenvalue weighted by atomic mass is 16.6. The molecule has 3 aliphatic carbocycles. The molecule has 0 aromatic heterocycles. The van der Waals surface area contributed by atoms with E-state index >= 15 is 0 Å². The fourth-order valence-electron chi connectivity index (χ4n) is 4.09. The SMILES string of the molecule is O=C1OC(=O)[C@H]2[C@H]1[C@H]1[C@H]2[C@H]2C=C[C@H]1C2. The Bertz CT molecular complexity index is 350. The zero-order valence-electron chi connectivity index (χ0n) is 7.55. The molecule has 0 spiro atoms. The molecule has 0 unspecified atom stereocenters. The standard InChI is InChI=1S/C11H10O3/c12-10-8-6-4-1-2-5(3-4)7(6)9(8)11(13)14-10/h1-2,4-9H,3H2/t4-,5-,6+,7+,8+,9+/m0/s1. The quantitative estimate of drug-likeness (QED) is 0.321. The van der Waals surface area contributed by atoms with E-state index in [-0.39, 0.29) is 23.8 Å². The summed E-state index contributed by atoms with van der Waals surface area (Å²) in [6, 6.07) is 0. The van der Waals surface area contributed by atoms with E-state index in [1.54, 1.807) is 0 Å². The molecular formula is C11H10O3. The summed E-state index contributed by atoms with van der Waals surface area (Å²) in [6.07, 6.45) is 5.60. The second-order valence-electron chi connectivity index (χ2n) is 4.89. The number of allylic oxidation sites excluding steroid dienone is 2. The zero-order valence-corrected chi connectivity index (χ0v) is 7.55. The van der Waals surface area contributed by atoms with Gasteiger partial charge in [0.05, 0.1) is 11.8 Å². The maximum absolute atomic E-state index is 11.4. The summed E-state index contributed by atoms with van der Waals surface area (Å²) in [5.41, 5.74) is 0. The van der Waals surface area contributed by atoms with Crippen molar-refractivity contribution in [3.05, 3.63) is 12.2 Å². The number of rotatable bonds is 0. The van der Waals surface area contributed by atoms with Crippen LogP contribution in [0.5, 0.6) is 0 Å². The van der Waals surface area contributed by atoms with Gasteiger partial charge in [0, 0.05) is 0 Å². The lowest BCUT2D eigenvalue weighted by Crippen LogP contribution is -2.50. The summed E-state index contributed by atoms with van der Waals surface area (Å²) in [6.45, 7) is 0. The predicted molar refractivity (Wildman–Crippen MR) is 45.8 cm³/mol. The van der Waals surface area contributed by atoms with Gasteiger partial charge in [-0.1, -0.05) is 12.2 Å². The number of cyclic esters (lactones) is 2. The van der Waals surface area contributed by atoms with Gasteiger partial charge >= 0.3 is 11.9 Å².